The van der Waals surface area contributed by atoms with Gasteiger partial charge in [0, 0.05) is 24.7 Å². The van der Waals surface area contributed by atoms with Crippen molar-refractivity contribution in [2.24, 2.45) is 0 Å². The van der Waals surface area contributed by atoms with E-state index >= 15 is 0 Å². The fraction of sp³-hybridized carbons (Fsp3) is 1.00. The molecule has 1 heterocycles. The standard InChI is InChI=1S/C15H31N3/c1-4-16-13-7-9-14(10-8-13)18-11-5-6-15(12-18)17(2)3/h13-16H,4-12H2,1-3H3. The van der Waals surface area contributed by atoms with Crippen molar-refractivity contribution in [1.82, 2.24) is 15.1 Å². The Morgan fingerprint density at radius 3 is 2.44 bits per heavy atom. The van der Waals surface area contributed by atoms with Crippen molar-refractivity contribution in [2.45, 2.75) is 63.6 Å². The van der Waals surface area contributed by atoms with Gasteiger partial charge in [0.05, 0.1) is 0 Å². The molecule has 1 aliphatic heterocycles. The number of nitrogens with zero attached hydrogens (tertiary/aromatic N) is 2. The molecule has 106 valence electrons. The van der Waals surface area contributed by atoms with E-state index in [-0.39, 0.29) is 0 Å². The molecule has 1 aliphatic carbocycles. The minimum Gasteiger partial charge on any atom is -0.314 e. The highest BCUT2D eigenvalue weighted by atomic mass is 15.2. The van der Waals surface area contributed by atoms with Gasteiger partial charge in [0.2, 0.25) is 0 Å². The molecule has 0 aromatic rings. The molecule has 3 nitrogen and oxygen atoms in total. The van der Waals surface area contributed by atoms with E-state index in [0.29, 0.717) is 0 Å². The first-order valence-corrected chi connectivity index (χ1v) is 7.84. The van der Waals surface area contributed by atoms with Crippen LogP contribution in [0.2, 0.25) is 0 Å². The third-order valence-electron chi connectivity index (χ3n) is 4.86. The van der Waals surface area contributed by atoms with Crippen molar-refractivity contribution in [1.29, 1.82) is 0 Å². The monoisotopic (exact) mass is 253 g/mol. The van der Waals surface area contributed by atoms with Crippen LogP contribution in [0.15, 0.2) is 0 Å². The van der Waals surface area contributed by atoms with Gasteiger partial charge in [-0.3, -0.25) is 4.90 Å². The molecule has 3 heteroatoms. The molecule has 1 N–H and O–H groups in total. The van der Waals surface area contributed by atoms with Gasteiger partial charge in [-0.25, -0.2) is 0 Å². The van der Waals surface area contributed by atoms with Crippen LogP contribution in [0, 0.1) is 0 Å². The lowest BCUT2D eigenvalue weighted by Gasteiger charge is -2.43. The van der Waals surface area contributed by atoms with Gasteiger partial charge in [0.15, 0.2) is 0 Å². The predicted molar refractivity (Wildman–Crippen MR) is 78.0 cm³/mol. The van der Waals surface area contributed by atoms with Gasteiger partial charge >= 0.3 is 0 Å². The first-order chi connectivity index (χ1) is 8.70. The largest absolute Gasteiger partial charge is 0.314 e. The molecule has 2 fully saturated rings. The summed E-state index contributed by atoms with van der Waals surface area (Å²) in [6.07, 6.45) is 8.32. The van der Waals surface area contributed by atoms with Gasteiger partial charge in [-0.1, -0.05) is 6.92 Å². The van der Waals surface area contributed by atoms with Crippen molar-refractivity contribution in [3.05, 3.63) is 0 Å². The molecule has 0 bridgehead atoms. The van der Waals surface area contributed by atoms with Crippen molar-refractivity contribution in [2.75, 3.05) is 33.7 Å². The minimum atomic E-state index is 0.783. The number of likely N-dealkylation sites (tertiary alicyclic amines) is 1. The van der Waals surface area contributed by atoms with E-state index < -0.39 is 0 Å². The molecule has 18 heavy (non-hydrogen) atoms. The van der Waals surface area contributed by atoms with Crippen molar-refractivity contribution >= 4 is 0 Å². The van der Waals surface area contributed by atoms with E-state index in [2.05, 4.69) is 36.1 Å². The molecule has 1 saturated heterocycles. The number of hydrogen-bond acceptors (Lipinski definition) is 3. The molecule has 0 aromatic carbocycles. The molecule has 0 aromatic heterocycles. The van der Waals surface area contributed by atoms with Crippen LogP contribution in [-0.2, 0) is 0 Å². The lowest BCUT2D eigenvalue weighted by molar-refractivity contribution is 0.0737. The average molecular weight is 253 g/mol. The summed E-state index contributed by atoms with van der Waals surface area (Å²) in [7, 11) is 4.46. The van der Waals surface area contributed by atoms with Crippen LogP contribution in [-0.4, -0.2) is 61.7 Å². The Morgan fingerprint density at radius 2 is 1.83 bits per heavy atom. The lowest BCUT2D eigenvalue weighted by atomic mass is 9.88. The summed E-state index contributed by atoms with van der Waals surface area (Å²) in [4.78, 5) is 5.19. The summed E-state index contributed by atoms with van der Waals surface area (Å²) in [6, 6.07) is 2.44. The summed E-state index contributed by atoms with van der Waals surface area (Å²) in [5, 5.41) is 3.61. The second kappa shape index (κ2) is 6.88. The van der Waals surface area contributed by atoms with Crippen molar-refractivity contribution < 1.29 is 0 Å². The third kappa shape index (κ3) is 3.69. The molecule has 1 unspecified atom stereocenters. The maximum Gasteiger partial charge on any atom is 0.0217 e. The number of nitrogens with one attached hydrogen (secondary N) is 1. The topological polar surface area (TPSA) is 18.5 Å². The first-order valence-electron chi connectivity index (χ1n) is 7.84. The van der Waals surface area contributed by atoms with Crippen LogP contribution in [0.3, 0.4) is 0 Å². The Labute approximate surface area is 113 Å². The Kier molecular flexibility index (Phi) is 5.46. The van der Waals surface area contributed by atoms with Crippen LogP contribution in [0.25, 0.3) is 0 Å². The molecule has 0 amide bonds. The third-order valence-corrected chi connectivity index (χ3v) is 4.86. The number of piperidine rings is 1. The maximum atomic E-state index is 3.61. The highest BCUT2D eigenvalue weighted by molar-refractivity contribution is 4.87. The normalized spacial score (nSPS) is 35.0. The molecule has 2 rings (SSSR count). The lowest BCUT2D eigenvalue weighted by Crippen LogP contribution is -2.51. The van der Waals surface area contributed by atoms with Crippen molar-refractivity contribution in [3.8, 4) is 0 Å². The highest BCUT2D eigenvalue weighted by Crippen LogP contribution is 2.26. The van der Waals surface area contributed by atoms with Crippen LogP contribution in [0.5, 0.6) is 0 Å². The van der Waals surface area contributed by atoms with E-state index in [1.807, 2.05) is 0 Å². The van der Waals surface area contributed by atoms with Gasteiger partial charge in [-0.15, -0.1) is 0 Å². The zero-order valence-corrected chi connectivity index (χ0v) is 12.5. The second-order valence-corrected chi connectivity index (χ2v) is 6.32. The summed E-state index contributed by atoms with van der Waals surface area (Å²) in [5.41, 5.74) is 0. The second-order valence-electron chi connectivity index (χ2n) is 6.32. The van der Waals surface area contributed by atoms with Crippen molar-refractivity contribution in [3.63, 3.8) is 0 Å². The molecular formula is C15H31N3. The van der Waals surface area contributed by atoms with Gasteiger partial charge in [0.25, 0.3) is 0 Å². The average Bonchev–Trinajstić information content (AvgIpc) is 2.40. The minimum absolute atomic E-state index is 0.783. The Balaban J connectivity index is 1.78. The van der Waals surface area contributed by atoms with E-state index in [1.165, 1.54) is 51.6 Å². The van der Waals surface area contributed by atoms with E-state index in [4.69, 9.17) is 0 Å². The van der Waals surface area contributed by atoms with Gasteiger partial charge in [-0.05, 0) is 65.7 Å². The summed E-state index contributed by atoms with van der Waals surface area (Å²) < 4.78 is 0. The van der Waals surface area contributed by atoms with Gasteiger partial charge in [0.1, 0.15) is 0 Å². The van der Waals surface area contributed by atoms with Crippen LogP contribution in [0.4, 0.5) is 0 Å². The van der Waals surface area contributed by atoms with Crippen LogP contribution < -0.4 is 5.32 Å². The quantitative estimate of drug-likeness (QED) is 0.826. The van der Waals surface area contributed by atoms with E-state index in [1.54, 1.807) is 0 Å². The maximum absolute atomic E-state index is 3.61. The Hall–Kier alpha value is -0.120. The Bertz CT molecular complexity index is 234. The fourth-order valence-corrected chi connectivity index (χ4v) is 3.67. The molecule has 1 saturated carbocycles. The molecule has 0 spiro atoms. The van der Waals surface area contributed by atoms with E-state index in [9.17, 15) is 0 Å². The number of likely N-dealkylation sites (N-methyl/N-ethyl adjacent to an activating group) is 1. The first kappa shape index (κ1) is 14.3. The smallest absolute Gasteiger partial charge is 0.0217 e. The number of rotatable bonds is 4. The molecule has 0 radical (unpaired) electrons. The summed E-state index contributed by atoms with van der Waals surface area (Å²) >= 11 is 0. The summed E-state index contributed by atoms with van der Waals surface area (Å²) in [6.45, 7) is 5.98. The highest BCUT2D eigenvalue weighted by Gasteiger charge is 2.29. The molecular weight excluding hydrogens is 222 g/mol. The van der Waals surface area contributed by atoms with Gasteiger partial charge in [-0.2, -0.15) is 0 Å². The van der Waals surface area contributed by atoms with Gasteiger partial charge < -0.3 is 10.2 Å². The molecule has 1 atom stereocenters. The zero-order chi connectivity index (χ0) is 13.0. The van der Waals surface area contributed by atoms with Crippen LogP contribution in [0.1, 0.15) is 45.4 Å². The molecule has 2 aliphatic rings. The summed E-state index contributed by atoms with van der Waals surface area (Å²) in [5.74, 6) is 0. The SMILES string of the molecule is CCNC1CCC(N2CCCC(N(C)C)C2)CC1. The van der Waals surface area contributed by atoms with E-state index in [0.717, 1.165) is 24.7 Å². The fourth-order valence-electron chi connectivity index (χ4n) is 3.67. The Morgan fingerprint density at radius 1 is 1.11 bits per heavy atom. The van der Waals surface area contributed by atoms with Crippen LogP contribution >= 0.6 is 0 Å². The number of hydrogen-bond donors (Lipinski definition) is 1. The zero-order valence-electron chi connectivity index (χ0n) is 12.5. The predicted octanol–water partition coefficient (Wildman–Crippen LogP) is 1.93.